The molecule has 0 bridgehead atoms. The van der Waals surface area contributed by atoms with Crippen LogP contribution in [0, 0.1) is 0 Å². The van der Waals surface area contributed by atoms with Gasteiger partial charge in [-0.15, -0.1) is 0 Å². The van der Waals surface area contributed by atoms with Gasteiger partial charge in [0.1, 0.15) is 6.61 Å². The van der Waals surface area contributed by atoms with Gasteiger partial charge in [0, 0.05) is 28.3 Å². The standard InChI is InChI=1S/C23H20Cl3NO4/c1-2-30-21-9-15(12-27-17-6-7-19(25)18(10-17)23(28)29)20(26)11-22(21)31-13-14-4-3-5-16(24)8-14/h3-11,27H,2,12-13H2,1H3,(H,28,29). The summed E-state index contributed by atoms with van der Waals surface area (Å²) < 4.78 is 11.6. The van der Waals surface area contributed by atoms with Crippen LogP contribution >= 0.6 is 34.8 Å². The van der Waals surface area contributed by atoms with Gasteiger partial charge in [-0.1, -0.05) is 46.9 Å². The molecule has 0 saturated carbocycles. The van der Waals surface area contributed by atoms with Crippen LogP contribution in [0.2, 0.25) is 15.1 Å². The molecule has 0 aliphatic carbocycles. The van der Waals surface area contributed by atoms with Gasteiger partial charge in [0.15, 0.2) is 11.5 Å². The van der Waals surface area contributed by atoms with Gasteiger partial charge in [0.2, 0.25) is 0 Å². The highest BCUT2D eigenvalue weighted by molar-refractivity contribution is 6.33. The predicted molar refractivity (Wildman–Crippen MR) is 124 cm³/mol. The zero-order chi connectivity index (χ0) is 22.4. The number of halogens is 3. The molecule has 0 atom stereocenters. The number of hydrogen-bond acceptors (Lipinski definition) is 4. The second-order valence-corrected chi connectivity index (χ2v) is 7.85. The summed E-state index contributed by atoms with van der Waals surface area (Å²) in [4.78, 5) is 11.3. The SMILES string of the molecule is CCOc1cc(CNc2ccc(Cl)c(C(=O)O)c2)c(Cl)cc1OCc1cccc(Cl)c1. The van der Waals surface area contributed by atoms with Crippen LogP contribution in [0.5, 0.6) is 11.5 Å². The van der Waals surface area contributed by atoms with Crippen molar-refractivity contribution in [3.05, 3.63) is 86.4 Å². The van der Waals surface area contributed by atoms with E-state index in [1.54, 1.807) is 24.3 Å². The molecule has 3 aromatic rings. The number of ether oxygens (including phenoxy) is 2. The molecule has 0 aliphatic heterocycles. The average molecular weight is 481 g/mol. The minimum atomic E-state index is -1.09. The first-order valence-corrected chi connectivity index (χ1v) is 10.6. The van der Waals surface area contributed by atoms with Crippen LogP contribution < -0.4 is 14.8 Å². The Hall–Kier alpha value is -2.60. The maximum atomic E-state index is 11.3. The summed E-state index contributed by atoms with van der Waals surface area (Å²) in [5.74, 6) is -0.00480. The van der Waals surface area contributed by atoms with Gasteiger partial charge >= 0.3 is 5.97 Å². The summed E-state index contributed by atoms with van der Waals surface area (Å²) >= 11 is 18.4. The Morgan fingerprint density at radius 3 is 2.45 bits per heavy atom. The van der Waals surface area contributed by atoms with Crippen molar-refractivity contribution < 1.29 is 19.4 Å². The van der Waals surface area contributed by atoms with Gasteiger partial charge in [0.25, 0.3) is 0 Å². The Morgan fingerprint density at radius 2 is 1.74 bits per heavy atom. The van der Waals surface area contributed by atoms with Gasteiger partial charge in [0.05, 0.1) is 17.2 Å². The quantitative estimate of drug-likeness (QED) is 0.347. The molecule has 0 saturated heterocycles. The minimum absolute atomic E-state index is 0.0255. The maximum Gasteiger partial charge on any atom is 0.337 e. The second kappa shape index (κ2) is 10.6. The first kappa shape index (κ1) is 23.1. The van der Waals surface area contributed by atoms with Crippen molar-refractivity contribution in [3.8, 4) is 11.5 Å². The lowest BCUT2D eigenvalue weighted by Gasteiger charge is -2.16. The van der Waals surface area contributed by atoms with E-state index >= 15 is 0 Å². The fourth-order valence-electron chi connectivity index (χ4n) is 2.88. The zero-order valence-corrected chi connectivity index (χ0v) is 18.9. The molecule has 0 fully saturated rings. The minimum Gasteiger partial charge on any atom is -0.490 e. The van der Waals surface area contributed by atoms with Crippen molar-refractivity contribution >= 4 is 46.5 Å². The summed E-state index contributed by atoms with van der Waals surface area (Å²) in [5, 5.41) is 13.7. The van der Waals surface area contributed by atoms with E-state index < -0.39 is 5.97 Å². The highest BCUT2D eigenvalue weighted by Gasteiger charge is 2.13. The summed E-state index contributed by atoms with van der Waals surface area (Å²) in [6.45, 7) is 3.01. The van der Waals surface area contributed by atoms with E-state index in [2.05, 4.69) is 5.32 Å². The molecule has 162 valence electrons. The molecule has 0 spiro atoms. The third-order valence-corrected chi connectivity index (χ3v) is 5.29. The van der Waals surface area contributed by atoms with Gasteiger partial charge < -0.3 is 19.9 Å². The van der Waals surface area contributed by atoms with Gasteiger partial charge in [-0.3, -0.25) is 0 Å². The Balaban J connectivity index is 1.76. The van der Waals surface area contributed by atoms with Crippen LogP contribution in [0.25, 0.3) is 0 Å². The fourth-order valence-corrected chi connectivity index (χ4v) is 3.51. The lowest BCUT2D eigenvalue weighted by atomic mass is 10.1. The molecule has 0 amide bonds. The number of nitrogens with one attached hydrogen (secondary N) is 1. The number of rotatable bonds is 9. The molecule has 0 aliphatic rings. The normalized spacial score (nSPS) is 10.6. The third-order valence-electron chi connectivity index (χ3n) is 4.38. The smallest absolute Gasteiger partial charge is 0.337 e. The lowest BCUT2D eigenvalue weighted by Crippen LogP contribution is -2.05. The Kier molecular flexibility index (Phi) is 7.91. The van der Waals surface area contributed by atoms with Crippen molar-refractivity contribution in [2.45, 2.75) is 20.1 Å². The molecule has 0 heterocycles. The molecule has 0 unspecified atom stereocenters. The van der Waals surface area contributed by atoms with E-state index in [0.717, 1.165) is 11.1 Å². The summed E-state index contributed by atoms with van der Waals surface area (Å²) in [5.41, 5.74) is 2.33. The van der Waals surface area contributed by atoms with Gasteiger partial charge in [-0.2, -0.15) is 0 Å². The number of anilines is 1. The van der Waals surface area contributed by atoms with E-state index in [9.17, 15) is 9.90 Å². The fraction of sp³-hybridized carbons (Fsp3) is 0.174. The molecule has 2 N–H and O–H groups in total. The number of aromatic carboxylic acids is 1. The highest BCUT2D eigenvalue weighted by atomic mass is 35.5. The number of carboxylic acid groups (broad SMARTS) is 1. The van der Waals surface area contributed by atoms with E-state index in [0.29, 0.717) is 47.0 Å². The molecule has 5 nitrogen and oxygen atoms in total. The van der Waals surface area contributed by atoms with Crippen molar-refractivity contribution in [2.75, 3.05) is 11.9 Å². The number of hydrogen-bond donors (Lipinski definition) is 2. The topological polar surface area (TPSA) is 67.8 Å². The molecular weight excluding hydrogens is 461 g/mol. The van der Waals surface area contributed by atoms with Crippen LogP contribution in [0.3, 0.4) is 0 Å². The van der Waals surface area contributed by atoms with Crippen molar-refractivity contribution in [1.82, 2.24) is 0 Å². The van der Waals surface area contributed by atoms with E-state index in [1.807, 2.05) is 25.1 Å². The van der Waals surface area contributed by atoms with Crippen LogP contribution in [0.15, 0.2) is 54.6 Å². The van der Waals surface area contributed by atoms with E-state index in [1.165, 1.54) is 12.1 Å². The Bertz CT molecular complexity index is 1090. The van der Waals surface area contributed by atoms with E-state index in [4.69, 9.17) is 44.3 Å². The maximum absolute atomic E-state index is 11.3. The van der Waals surface area contributed by atoms with Crippen molar-refractivity contribution in [3.63, 3.8) is 0 Å². The van der Waals surface area contributed by atoms with Crippen molar-refractivity contribution in [2.24, 2.45) is 0 Å². The summed E-state index contributed by atoms with van der Waals surface area (Å²) in [6, 6.07) is 15.6. The molecule has 3 aromatic carbocycles. The Morgan fingerprint density at radius 1 is 0.968 bits per heavy atom. The first-order valence-electron chi connectivity index (χ1n) is 9.46. The van der Waals surface area contributed by atoms with Gasteiger partial charge in [-0.25, -0.2) is 4.79 Å². The average Bonchev–Trinajstić information content (AvgIpc) is 2.73. The molecule has 0 radical (unpaired) electrons. The van der Waals surface area contributed by atoms with Crippen molar-refractivity contribution in [1.29, 1.82) is 0 Å². The van der Waals surface area contributed by atoms with Crippen LogP contribution in [0.1, 0.15) is 28.4 Å². The number of carboxylic acids is 1. The van der Waals surface area contributed by atoms with Crippen LogP contribution in [-0.2, 0) is 13.2 Å². The van der Waals surface area contributed by atoms with Crippen LogP contribution in [-0.4, -0.2) is 17.7 Å². The number of benzene rings is 3. The monoisotopic (exact) mass is 479 g/mol. The predicted octanol–water partition coefficient (Wildman–Crippen LogP) is 6.93. The second-order valence-electron chi connectivity index (χ2n) is 6.60. The highest BCUT2D eigenvalue weighted by Crippen LogP contribution is 2.35. The molecule has 8 heteroatoms. The Labute approximate surface area is 195 Å². The van der Waals surface area contributed by atoms with E-state index in [-0.39, 0.29) is 10.6 Å². The third kappa shape index (κ3) is 6.20. The number of carbonyl (C=O) groups is 1. The lowest BCUT2D eigenvalue weighted by molar-refractivity contribution is 0.0697. The molecule has 3 rings (SSSR count). The largest absolute Gasteiger partial charge is 0.490 e. The molecule has 31 heavy (non-hydrogen) atoms. The van der Waals surface area contributed by atoms with Crippen LogP contribution in [0.4, 0.5) is 5.69 Å². The molecule has 0 aromatic heterocycles. The summed E-state index contributed by atoms with van der Waals surface area (Å²) in [6.07, 6.45) is 0. The first-order chi connectivity index (χ1) is 14.9. The summed E-state index contributed by atoms with van der Waals surface area (Å²) in [7, 11) is 0. The molecular formula is C23H20Cl3NO4. The van der Waals surface area contributed by atoms with Gasteiger partial charge in [-0.05, 0) is 54.4 Å². The zero-order valence-electron chi connectivity index (χ0n) is 16.6.